The minimum absolute atomic E-state index is 0.0261. The fraction of sp³-hybridized carbons (Fsp3) is 0.100. The molecule has 5 heteroatoms. The third-order valence-corrected chi connectivity index (χ3v) is 2.00. The molecule has 15 heavy (non-hydrogen) atoms. The Hall–Kier alpha value is -2.17. The van der Waals surface area contributed by atoms with Gasteiger partial charge in [-0.1, -0.05) is 6.07 Å². The van der Waals surface area contributed by atoms with Gasteiger partial charge in [0.15, 0.2) is 5.69 Å². The number of carboxylic acid groups (broad SMARTS) is 1. The van der Waals surface area contributed by atoms with Gasteiger partial charge >= 0.3 is 5.97 Å². The zero-order valence-corrected chi connectivity index (χ0v) is 8.08. The Labute approximate surface area is 86.0 Å². The van der Waals surface area contributed by atoms with E-state index < -0.39 is 5.97 Å². The van der Waals surface area contributed by atoms with Crippen molar-refractivity contribution >= 4 is 5.97 Å². The SMILES string of the molecule is Cc1nc(C(=O)O)cn1-c1ccccn1. The maximum atomic E-state index is 10.7. The van der Waals surface area contributed by atoms with Crippen LogP contribution in [0.25, 0.3) is 5.82 Å². The number of pyridine rings is 1. The summed E-state index contributed by atoms with van der Waals surface area (Å²) in [4.78, 5) is 18.7. The van der Waals surface area contributed by atoms with Gasteiger partial charge in [-0.05, 0) is 19.1 Å². The normalized spacial score (nSPS) is 10.2. The van der Waals surface area contributed by atoms with Crippen LogP contribution in [0.5, 0.6) is 0 Å². The van der Waals surface area contributed by atoms with Gasteiger partial charge in [0.1, 0.15) is 11.6 Å². The van der Waals surface area contributed by atoms with Gasteiger partial charge in [0.2, 0.25) is 0 Å². The van der Waals surface area contributed by atoms with Gasteiger partial charge in [-0.3, -0.25) is 4.57 Å². The van der Waals surface area contributed by atoms with E-state index in [0.717, 1.165) is 0 Å². The van der Waals surface area contributed by atoms with Gasteiger partial charge in [-0.15, -0.1) is 0 Å². The number of hydrogen-bond donors (Lipinski definition) is 1. The molecule has 0 saturated carbocycles. The molecule has 76 valence electrons. The molecule has 2 rings (SSSR count). The maximum absolute atomic E-state index is 10.7. The molecule has 0 amide bonds. The summed E-state index contributed by atoms with van der Waals surface area (Å²) >= 11 is 0. The van der Waals surface area contributed by atoms with Crippen molar-refractivity contribution in [3.63, 3.8) is 0 Å². The molecule has 2 heterocycles. The first kappa shape index (κ1) is 9.39. The van der Waals surface area contributed by atoms with Crippen molar-refractivity contribution in [3.8, 4) is 5.82 Å². The van der Waals surface area contributed by atoms with Crippen LogP contribution >= 0.6 is 0 Å². The fourth-order valence-corrected chi connectivity index (χ4v) is 1.30. The molecule has 0 aliphatic carbocycles. The second-order valence-corrected chi connectivity index (χ2v) is 3.04. The Morgan fingerprint density at radius 3 is 2.80 bits per heavy atom. The van der Waals surface area contributed by atoms with Crippen LogP contribution in [0.15, 0.2) is 30.6 Å². The van der Waals surface area contributed by atoms with Gasteiger partial charge in [0.25, 0.3) is 0 Å². The molecule has 0 aromatic carbocycles. The minimum Gasteiger partial charge on any atom is -0.476 e. The van der Waals surface area contributed by atoms with Crippen LogP contribution < -0.4 is 0 Å². The molecule has 1 N–H and O–H groups in total. The topological polar surface area (TPSA) is 68.0 Å². The van der Waals surface area contributed by atoms with Crippen molar-refractivity contribution in [2.45, 2.75) is 6.92 Å². The lowest BCUT2D eigenvalue weighted by Crippen LogP contribution is -1.97. The van der Waals surface area contributed by atoms with Crippen LogP contribution in [0.1, 0.15) is 16.3 Å². The molecular weight excluding hydrogens is 194 g/mol. The Bertz CT molecular complexity index is 491. The summed E-state index contributed by atoms with van der Waals surface area (Å²) in [6.07, 6.45) is 3.11. The van der Waals surface area contributed by atoms with Crippen LogP contribution in [0, 0.1) is 6.92 Å². The Morgan fingerprint density at radius 2 is 2.27 bits per heavy atom. The second-order valence-electron chi connectivity index (χ2n) is 3.04. The Kier molecular flexibility index (Phi) is 2.21. The highest BCUT2D eigenvalue weighted by Gasteiger charge is 2.11. The van der Waals surface area contributed by atoms with Gasteiger partial charge in [0.05, 0.1) is 0 Å². The molecule has 0 fully saturated rings. The smallest absolute Gasteiger partial charge is 0.356 e. The number of imidazole rings is 1. The van der Waals surface area contributed by atoms with E-state index in [-0.39, 0.29) is 5.69 Å². The molecule has 0 saturated heterocycles. The average Bonchev–Trinajstić information content (AvgIpc) is 2.62. The highest BCUT2D eigenvalue weighted by molar-refractivity contribution is 5.85. The molecular formula is C10H9N3O2. The summed E-state index contributed by atoms with van der Waals surface area (Å²) in [5, 5.41) is 8.77. The molecule has 0 atom stereocenters. The number of hydrogen-bond acceptors (Lipinski definition) is 3. The highest BCUT2D eigenvalue weighted by Crippen LogP contribution is 2.09. The zero-order valence-electron chi connectivity index (χ0n) is 8.08. The summed E-state index contributed by atoms with van der Waals surface area (Å²) in [6, 6.07) is 5.43. The number of aryl methyl sites for hydroxylation is 1. The quantitative estimate of drug-likeness (QED) is 0.798. The lowest BCUT2D eigenvalue weighted by molar-refractivity contribution is 0.0691. The summed E-state index contributed by atoms with van der Waals surface area (Å²) in [5.41, 5.74) is 0.0261. The molecule has 5 nitrogen and oxygen atoms in total. The number of rotatable bonds is 2. The number of nitrogens with zero attached hydrogens (tertiary/aromatic N) is 3. The van der Waals surface area contributed by atoms with Gasteiger partial charge in [-0.25, -0.2) is 14.8 Å². The van der Waals surface area contributed by atoms with E-state index in [1.165, 1.54) is 6.20 Å². The third-order valence-electron chi connectivity index (χ3n) is 2.00. The van der Waals surface area contributed by atoms with Crippen LogP contribution in [-0.4, -0.2) is 25.6 Å². The van der Waals surface area contributed by atoms with E-state index in [1.807, 2.05) is 6.07 Å². The predicted octanol–water partition coefficient (Wildman–Crippen LogP) is 1.27. The van der Waals surface area contributed by atoms with Crippen LogP contribution in [-0.2, 0) is 0 Å². The third kappa shape index (κ3) is 1.71. The monoisotopic (exact) mass is 203 g/mol. The molecule has 0 aliphatic rings. The first-order chi connectivity index (χ1) is 7.18. The minimum atomic E-state index is -1.03. The van der Waals surface area contributed by atoms with Crippen molar-refractivity contribution in [3.05, 3.63) is 42.1 Å². The van der Waals surface area contributed by atoms with Crippen molar-refractivity contribution in [1.82, 2.24) is 14.5 Å². The standard InChI is InChI=1S/C10H9N3O2/c1-7-12-8(10(14)15)6-13(7)9-4-2-3-5-11-9/h2-6H,1H3,(H,14,15). The molecule has 0 aliphatic heterocycles. The van der Waals surface area contributed by atoms with E-state index in [2.05, 4.69) is 9.97 Å². The summed E-state index contributed by atoms with van der Waals surface area (Å²) in [7, 11) is 0. The number of aromatic nitrogens is 3. The van der Waals surface area contributed by atoms with Crippen LogP contribution in [0.4, 0.5) is 0 Å². The van der Waals surface area contributed by atoms with E-state index in [4.69, 9.17) is 5.11 Å². The number of aromatic carboxylic acids is 1. The first-order valence-electron chi connectivity index (χ1n) is 4.39. The van der Waals surface area contributed by atoms with Crippen molar-refractivity contribution in [2.24, 2.45) is 0 Å². The van der Waals surface area contributed by atoms with E-state index in [9.17, 15) is 4.79 Å². The largest absolute Gasteiger partial charge is 0.476 e. The van der Waals surface area contributed by atoms with Crippen molar-refractivity contribution in [1.29, 1.82) is 0 Å². The van der Waals surface area contributed by atoms with Crippen molar-refractivity contribution in [2.75, 3.05) is 0 Å². The van der Waals surface area contributed by atoms with Gasteiger partial charge in [0, 0.05) is 12.4 Å². The van der Waals surface area contributed by atoms with Gasteiger partial charge < -0.3 is 5.11 Å². The summed E-state index contributed by atoms with van der Waals surface area (Å²) in [5.74, 6) is 0.230. The predicted molar refractivity (Wildman–Crippen MR) is 53.1 cm³/mol. The number of carboxylic acids is 1. The zero-order chi connectivity index (χ0) is 10.8. The average molecular weight is 203 g/mol. The van der Waals surface area contributed by atoms with Crippen molar-refractivity contribution < 1.29 is 9.90 Å². The van der Waals surface area contributed by atoms with E-state index in [0.29, 0.717) is 11.6 Å². The Balaban J connectivity index is 2.50. The molecule has 0 bridgehead atoms. The summed E-state index contributed by atoms with van der Waals surface area (Å²) < 4.78 is 1.64. The maximum Gasteiger partial charge on any atom is 0.356 e. The fourth-order valence-electron chi connectivity index (χ4n) is 1.30. The highest BCUT2D eigenvalue weighted by atomic mass is 16.4. The molecule has 0 unspecified atom stereocenters. The van der Waals surface area contributed by atoms with Crippen LogP contribution in [0.2, 0.25) is 0 Å². The van der Waals surface area contributed by atoms with E-state index in [1.54, 1.807) is 29.8 Å². The van der Waals surface area contributed by atoms with Gasteiger partial charge in [-0.2, -0.15) is 0 Å². The number of carbonyl (C=O) groups is 1. The molecule has 0 radical (unpaired) electrons. The second kappa shape index (κ2) is 3.53. The molecule has 2 aromatic rings. The van der Waals surface area contributed by atoms with E-state index >= 15 is 0 Å². The molecule has 2 aromatic heterocycles. The lowest BCUT2D eigenvalue weighted by Gasteiger charge is -2.01. The van der Waals surface area contributed by atoms with Crippen LogP contribution in [0.3, 0.4) is 0 Å². The Morgan fingerprint density at radius 1 is 1.47 bits per heavy atom. The molecule has 0 spiro atoms. The summed E-state index contributed by atoms with van der Waals surface area (Å²) in [6.45, 7) is 1.74. The first-order valence-corrected chi connectivity index (χ1v) is 4.39. The lowest BCUT2D eigenvalue weighted by atomic mass is 10.4.